The smallest absolute Gasteiger partial charge is 0.227 e. The van der Waals surface area contributed by atoms with Crippen LogP contribution in [0.3, 0.4) is 0 Å². The number of carbonyl (C=O) groups is 1. The van der Waals surface area contributed by atoms with Crippen LogP contribution in [0.1, 0.15) is 38.2 Å². The van der Waals surface area contributed by atoms with Crippen LogP contribution in [0.25, 0.3) is 0 Å². The fourth-order valence-electron chi connectivity index (χ4n) is 3.62. The first-order valence-electron chi connectivity index (χ1n) is 7.16. The van der Waals surface area contributed by atoms with Gasteiger partial charge in [0.2, 0.25) is 5.91 Å². The molecule has 0 aliphatic heterocycles. The SMILES string of the molecule is CCc1ccc(NC(=O)[C@@H]2C[C@H]3CC[C@@H]2C3)cc1. The van der Waals surface area contributed by atoms with Crippen LogP contribution in [0.4, 0.5) is 5.69 Å². The van der Waals surface area contributed by atoms with E-state index in [2.05, 4.69) is 24.4 Å². The molecule has 0 aromatic heterocycles. The Morgan fingerprint density at radius 2 is 2.00 bits per heavy atom. The molecular formula is C16H21NO. The van der Waals surface area contributed by atoms with Crippen LogP contribution < -0.4 is 5.32 Å². The molecular weight excluding hydrogens is 222 g/mol. The molecule has 1 amide bonds. The molecule has 2 fully saturated rings. The molecule has 2 bridgehead atoms. The Morgan fingerprint density at radius 1 is 1.22 bits per heavy atom. The highest BCUT2D eigenvalue weighted by Crippen LogP contribution is 2.48. The lowest BCUT2D eigenvalue weighted by Crippen LogP contribution is -2.27. The summed E-state index contributed by atoms with van der Waals surface area (Å²) in [7, 11) is 0. The van der Waals surface area contributed by atoms with Crippen molar-refractivity contribution in [1.29, 1.82) is 0 Å². The predicted octanol–water partition coefficient (Wildman–Crippen LogP) is 3.62. The molecule has 2 nitrogen and oxygen atoms in total. The van der Waals surface area contributed by atoms with Crippen LogP contribution in [-0.2, 0) is 11.2 Å². The summed E-state index contributed by atoms with van der Waals surface area (Å²) in [6.45, 7) is 2.14. The van der Waals surface area contributed by atoms with Crippen molar-refractivity contribution in [1.82, 2.24) is 0 Å². The first kappa shape index (κ1) is 11.8. The number of hydrogen-bond donors (Lipinski definition) is 1. The standard InChI is InChI=1S/C16H21NO/c1-2-11-4-7-14(8-5-11)17-16(18)15-10-12-3-6-13(15)9-12/h4-5,7-8,12-13,15H,2-3,6,9-10H2,1H3,(H,17,18)/t12-,13+,15+/m0/s1. The predicted molar refractivity (Wildman–Crippen MR) is 73.4 cm³/mol. The molecule has 0 saturated heterocycles. The second-order valence-corrected chi connectivity index (χ2v) is 5.82. The Balaban J connectivity index is 1.63. The maximum atomic E-state index is 12.2. The Hall–Kier alpha value is -1.31. The van der Waals surface area contributed by atoms with Gasteiger partial charge in [-0.2, -0.15) is 0 Å². The largest absolute Gasteiger partial charge is 0.326 e. The Labute approximate surface area is 109 Å². The summed E-state index contributed by atoms with van der Waals surface area (Å²) in [5.74, 6) is 2.00. The number of hydrogen-bond acceptors (Lipinski definition) is 1. The second kappa shape index (κ2) is 4.75. The third-order valence-corrected chi connectivity index (χ3v) is 4.70. The lowest BCUT2D eigenvalue weighted by molar-refractivity contribution is -0.121. The van der Waals surface area contributed by atoms with Gasteiger partial charge in [-0.1, -0.05) is 25.5 Å². The summed E-state index contributed by atoms with van der Waals surface area (Å²) in [4.78, 5) is 12.2. The van der Waals surface area contributed by atoms with E-state index in [1.54, 1.807) is 0 Å². The van der Waals surface area contributed by atoms with Crippen molar-refractivity contribution in [3.05, 3.63) is 29.8 Å². The minimum atomic E-state index is 0.242. The quantitative estimate of drug-likeness (QED) is 0.863. The van der Waals surface area contributed by atoms with Gasteiger partial charge < -0.3 is 5.32 Å². The molecule has 2 aliphatic rings. The molecule has 96 valence electrons. The summed E-state index contributed by atoms with van der Waals surface area (Å²) in [5.41, 5.74) is 2.26. The lowest BCUT2D eigenvalue weighted by atomic mass is 9.88. The summed E-state index contributed by atoms with van der Waals surface area (Å²) < 4.78 is 0. The summed E-state index contributed by atoms with van der Waals surface area (Å²) in [5, 5.41) is 3.08. The van der Waals surface area contributed by atoms with E-state index in [9.17, 15) is 4.79 Å². The van der Waals surface area contributed by atoms with Crippen molar-refractivity contribution < 1.29 is 4.79 Å². The van der Waals surface area contributed by atoms with Crippen molar-refractivity contribution in [2.24, 2.45) is 17.8 Å². The molecule has 0 radical (unpaired) electrons. The van der Waals surface area contributed by atoms with Crippen molar-refractivity contribution >= 4 is 11.6 Å². The molecule has 2 aliphatic carbocycles. The van der Waals surface area contributed by atoms with Crippen molar-refractivity contribution in [3.63, 3.8) is 0 Å². The Morgan fingerprint density at radius 3 is 2.56 bits per heavy atom. The van der Waals surface area contributed by atoms with Crippen molar-refractivity contribution in [2.75, 3.05) is 5.32 Å². The van der Waals surface area contributed by atoms with Gasteiger partial charge in [-0.3, -0.25) is 4.79 Å². The maximum absolute atomic E-state index is 12.2. The normalized spacial score (nSPS) is 29.5. The number of carbonyl (C=O) groups excluding carboxylic acids is 1. The van der Waals surface area contributed by atoms with Gasteiger partial charge in [-0.15, -0.1) is 0 Å². The van der Waals surface area contributed by atoms with Crippen molar-refractivity contribution in [2.45, 2.75) is 39.0 Å². The zero-order valence-corrected chi connectivity index (χ0v) is 11.0. The van der Waals surface area contributed by atoms with Crippen LogP contribution >= 0.6 is 0 Å². The van der Waals surface area contributed by atoms with E-state index in [0.717, 1.165) is 24.4 Å². The summed E-state index contributed by atoms with van der Waals surface area (Å²) >= 11 is 0. The minimum Gasteiger partial charge on any atom is -0.326 e. The van der Waals surface area contributed by atoms with Crippen LogP contribution in [0.2, 0.25) is 0 Å². The highest BCUT2D eigenvalue weighted by Gasteiger charge is 2.42. The van der Waals surface area contributed by atoms with E-state index in [4.69, 9.17) is 0 Å². The van der Waals surface area contributed by atoms with Crippen LogP contribution in [0, 0.1) is 17.8 Å². The molecule has 18 heavy (non-hydrogen) atoms. The summed E-state index contributed by atoms with van der Waals surface area (Å²) in [6.07, 6.45) is 6.05. The van der Waals surface area contributed by atoms with E-state index in [1.165, 1.54) is 24.8 Å². The third kappa shape index (κ3) is 2.16. The zero-order valence-electron chi connectivity index (χ0n) is 11.0. The molecule has 2 heteroatoms. The highest BCUT2D eigenvalue weighted by atomic mass is 16.1. The Bertz CT molecular complexity index is 437. The topological polar surface area (TPSA) is 29.1 Å². The second-order valence-electron chi connectivity index (χ2n) is 5.82. The minimum absolute atomic E-state index is 0.242. The molecule has 1 N–H and O–H groups in total. The molecule has 1 aromatic rings. The van der Waals surface area contributed by atoms with Gasteiger partial charge >= 0.3 is 0 Å². The fraction of sp³-hybridized carbons (Fsp3) is 0.562. The molecule has 0 heterocycles. The van der Waals surface area contributed by atoms with Gasteiger partial charge in [-0.05, 0) is 55.2 Å². The number of benzene rings is 1. The van der Waals surface area contributed by atoms with E-state index in [-0.39, 0.29) is 11.8 Å². The Kier molecular flexibility index (Phi) is 3.11. The highest BCUT2D eigenvalue weighted by molar-refractivity contribution is 5.93. The first-order chi connectivity index (χ1) is 8.76. The van der Waals surface area contributed by atoms with Gasteiger partial charge in [-0.25, -0.2) is 0 Å². The van der Waals surface area contributed by atoms with E-state index in [0.29, 0.717) is 5.92 Å². The van der Waals surface area contributed by atoms with E-state index < -0.39 is 0 Å². The monoisotopic (exact) mass is 243 g/mol. The van der Waals surface area contributed by atoms with Crippen LogP contribution in [0.15, 0.2) is 24.3 Å². The maximum Gasteiger partial charge on any atom is 0.227 e. The van der Waals surface area contributed by atoms with Gasteiger partial charge in [0.05, 0.1) is 0 Å². The molecule has 3 atom stereocenters. The fourth-order valence-corrected chi connectivity index (χ4v) is 3.62. The molecule has 0 unspecified atom stereocenters. The lowest BCUT2D eigenvalue weighted by Gasteiger charge is -2.20. The van der Waals surface area contributed by atoms with E-state index in [1.807, 2.05) is 12.1 Å². The van der Waals surface area contributed by atoms with Crippen LogP contribution in [0.5, 0.6) is 0 Å². The number of rotatable bonds is 3. The molecule has 2 saturated carbocycles. The number of anilines is 1. The molecule has 1 aromatic carbocycles. The van der Waals surface area contributed by atoms with Crippen LogP contribution in [-0.4, -0.2) is 5.91 Å². The average molecular weight is 243 g/mol. The molecule has 3 rings (SSSR count). The first-order valence-corrected chi connectivity index (χ1v) is 7.16. The van der Waals surface area contributed by atoms with E-state index >= 15 is 0 Å². The van der Waals surface area contributed by atoms with Crippen molar-refractivity contribution in [3.8, 4) is 0 Å². The van der Waals surface area contributed by atoms with Gasteiger partial charge in [0, 0.05) is 11.6 Å². The number of amides is 1. The third-order valence-electron chi connectivity index (χ3n) is 4.70. The van der Waals surface area contributed by atoms with Gasteiger partial charge in [0.1, 0.15) is 0 Å². The number of nitrogens with one attached hydrogen (secondary N) is 1. The van der Waals surface area contributed by atoms with Gasteiger partial charge in [0.15, 0.2) is 0 Å². The average Bonchev–Trinajstić information content (AvgIpc) is 3.02. The van der Waals surface area contributed by atoms with Gasteiger partial charge in [0.25, 0.3) is 0 Å². The molecule has 0 spiro atoms. The zero-order chi connectivity index (χ0) is 12.5. The number of aryl methyl sites for hydroxylation is 1. The number of fused-ring (bicyclic) bond motifs is 2. The summed E-state index contributed by atoms with van der Waals surface area (Å²) in [6, 6.07) is 8.22.